The highest BCUT2D eigenvalue weighted by molar-refractivity contribution is 7.94. The van der Waals surface area contributed by atoms with E-state index in [0.717, 1.165) is 0 Å². The standard InChI is InChI=1S/C13H25NO4S/c1-11(2,3)13(7-8-13)19(16,17)12(4,5)9-14-10(15)18-6/h7-9H2,1-6H3,(H,14,15). The maximum atomic E-state index is 12.9. The predicted octanol–water partition coefficient (Wildman–Crippen LogP) is 2.11. The fourth-order valence-electron chi connectivity index (χ4n) is 2.52. The lowest BCUT2D eigenvalue weighted by atomic mass is 9.89. The second-order valence-corrected chi connectivity index (χ2v) is 9.75. The van der Waals surface area contributed by atoms with Crippen LogP contribution in [0.1, 0.15) is 47.5 Å². The quantitative estimate of drug-likeness (QED) is 0.861. The Labute approximate surface area is 116 Å². The molecule has 5 nitrogen and oxygen atoms in total. The summed E-state index contributed by atoms with van der Waals surface area (Å²) in [6.07, 6.45) is 0.782. The lowest BCUT2D eigenvalue weighted by Crippen LogP contribution is -2.52. The van der Waals surface area contributed by atoms with Crippen LogP contribution >= 0.6 is 0 Å². The van der Waals surface area contributed by atoms with Crippen LogP contribution < -0.4 is 5.32 Å². The Morgan fingerprint density at radius 1 is 1.21 bits per heavy atom. The van der Waals surface area contributed by atoms with Gasteiger partial charge in [0.2, 0.25) is 0 Å². The van der Waals surface area contributed by atoms with Crippen molar-refractivity contribution in [2.24, 2.45) is 5.41 Å². The van der Waals surface area contributed by atoms with Gasteiger partial charge in [-0.25, -0.2) is 13.2 Å². The molecular weight excluding hydrogens is 266 g/mol. The number of methoxy groups -OCH3 is 1. The molecule has 112 valence electrons. The minimum Gasteiger partial charge on any atom is -0.453 e. The van der Waals surface area contributed by atoms with Gasteiger partial charge in [0.15, 0.2) is 9.84 Å². The van der Waals surface area contributed by atoms with Crippen LogP contribution in [0.2, 0.25) is 0 Å². The van der Waals surface area contributed by atoms with Crippen molar-refractivity contribution in [3.63, 3.8) is 0 Å². The highest BCUT2D eigenvalue weighted by atomic mass is 32.2. The van der Waals surface area contributed by atoms with Gasteiger partial charge < -0.3 is 10.1 Å². The molecule has 0 heterocycles. The molecule has 0 aromatic heterocycles. The molecule has 0 spiro atoms. The third-order valence-corrected chi connectivity index (χ3v) is 7.81. The molecule has 1 rings (SSSR count). The van der Waals surface area contributed by atoms with Gasteiger partial charge in [-0.2, -0.15) is 0 Å². The summed E-state index contributed by atoms with van der Waals surface area (Å²) >= 11 is 0. The Morgan fingerprint density at radius 3 is 2.00 bits per heavy atom. The maximum absolute atomic E-state index is 12.9. The molecule has 0 unspecified atom stereocenters. The molecule has 0 aromatic rings. The van der Waals surface area contributed by atoms with Crippen LogP contribution in [0.25, 0.3) is 0 Å². The number of amides is 1. The molecule has 0 radical (unpaired) electrons. The first kappa shape index (κ1) is 16.3. The molecule has 19 heavy (non-hydrogen) atoms. The van der Waals surface area contributed by atoms with Gasteiger partial charge in [-0.05, 0) is 32.1 Å². The van der Waals surface area contributed by atoms with E-state index in [1.54, 1.807) is 13.8 Å². The van der Waals surface area contributed by atoms with E-state index < -0.39 is 25.4 Å². The molecule has 0 aromatic carbocycles. The third kappa shape index (κ3) is 2.59. The summed E-state index contributed by atoms with van der Waals surface area (Å²) < 4.78 is 28.6. The molecule has 0 aliphatic heterocycles. The van der Waals surface area contributed by atoms with Crippen LogP contribution in [0.3, 0.4) is 0 Å². The highest BCUT2D eigenvalue weighted by Crippen LogP contribution is 2.58. The summed E-state index contributed by atoms with van der Waals surface area (Å²) in [5, 5.41) is 2.49. The van der Waals surface area contributed by atoms with Gasteiger partial charge in [0, 0.05) is 6.54 Å². The lowest BCUT2D eigenvalue weighted by Gasteiger charge is -2.37. The van der Waals surface area contributed by atoms with Gasteiger partial charge in [0.25, 0.3) is 0 Å². The van der Waals surface area contributed by atoms with Crippen LogP contribution in [0, 0.1) is 5.41 Å². The van der Waals surface area contributed by atoms with Gasteiger partial charge in [-0.15, -0.1) is 0 Å². The first-order valence-corrected chi connectivity index (χ1v) is 7.96. The number of sulfone groups is 1. The molecule has 1 aliphatic carbocycles. The van der Waals surface area contributed by atoms with E-state index in [-0.39, 0.29) is 12.0 Å². The van der Waals surface area contributed by atoms with E-state index in [1.807, 2.05) is 20.8 Å². The average molecular weight is 291 g/mol. The predicted molar refractivity (Wildman–Crippen MR) is 74.8 cm³/mol. The average Bonchev–Trinajstić information content (AvgIpc) is 3.05. The van der Waals surface area contributed by atoms with Crippen LogP contribution in [-0.4, -0.2) is 37.7 Å². The maximum Gasteiger partial charge on any atom is 0.406 e. The van der Waals surface area contributed by atoms with Crippen molar-refractivity contribution < 1.29 is 17.9 Å². The first-order chi connectivity index (χ1) is 8.41. The monoisotopic (exact) mass is 291 g/mol. The summed E-state index contributed by atoms with van der Waals surface area (Å²) in [5.41, 5.74) is -0.297. The normalized spacial score (nSPS) is 18.8. The van der Waals surface area contributed by atoms with Crippen LogP contribution in [0.15, 0.2) is 0 Å². The zero-order valence-corrected chi connectivity index (χ0v) is 13.5. The number of hydrogen-bond acceptors (Lipinski definition) is 4. The van der Waals surface area contributed by atoms with Gasteiger partial charge in [-0.1, -0.05) is 20.8 Å². The molecule has 0 atom stereocenters. The van der Waals surface area contributed by atoms with Crippen LogP contribution in [0.4, 0.5) is 4.79 Å². The van der Waals surface area contributed by atoms with Gasteiger partial charge in [-0.3, -0.25) is 0 Å². The number of alkyl carbamates (subject to hydrolysis) is 1. The van der Waals surface area contributed by atoms with Gasteiger partial charge in [0.1, 0.15) is 0 Å². The van der Waals surface area contributed by atoms with Gasteiger partial charge >= 0.3 is 6.09 Å². The minimum atomic E-state index is -3.36. The second kappa shape index (κ2) is 4.65. The molecular formula is C13H25NO4S. The van der Waals surface area contributed by atoms with Crippen molar-refractivity contribution in [1.82, 2.24) is 5.32 Å². The molecule has 6 heteroatoms. The van der Waals surface area contributed by atoms with Crippen molar-refractivity contribution in [1.29, 1.82) is 0 Å². The number of nitrogens with one attached hydrogen (secondary N) is 1. The van der Waals surface area contributed by atoms with Crippen molar-refractivity contribution in [2.75, 3.05) is 13.7 Å². The van der Waals surface area contributed by atoms with Crippen molar-refractivity contribution in [3.05, 3.63) is 0 Å². The fourth-order valence-corrected chi connectivity index (χ4v) is 5.28. The second-order valence-electron chi connectivity index (χ2n) is 6.85. The van der Waals surface area contributed by atoms with E-state index in [0.29, 0.717) is 12.8 Å². The molecule has 1 amide bonds. The molecule has 1 N–H and O–H groups in total. The smallest absolute Gasteiger partial charge is 0.406 e. The minimum absolute atomic E-state index is 0.0554. The van der Waals surface area contributed by atoms with E-state index in [9.17, 15) is 13.2 Å². The summed E-state index contributed by atoms with van der Waals surface area (Å²) in [6.45, 7) is 9.25. The zero-order chi connectivity index (χ0) is 15.1. The van der Waals surface area contributed by atoms with E-state index >= 15 is 0 Å². The number of hydrogen-bond donors (Lipinski definition) is 1. The Bertz CT molecular complexity index is 456. The number of ether oxygens (including phenoxy) is 1. The number of carbonyl (C=O) groups excluding carboxylic acids is 1. The van der Waals surface area contributed by atoms with Crippen molar-refractivity contribution in [2.45, 2.75) is 57.0 Å². The van der Waals surface area contributed by atoms with E-state index in [1.165, 1.54) is 7.11 Å². The molecule has 1 saturated carbocycles. The SMILES string of the molecule is COC(=O)NCC(C)(C)S(=O)(=O)C1(C(C)(C)C)CC1. The van der Waals surface area contributed by atoms with Crippen LogP contribution in [0.5, 0.6) is 0 Å². The molecule has 1 aliphatic rings. The summed E-state index contributed by atoms with van der Waals surface area (Å²) in [6, 6.07) is 0. The summed E-state index contributed by atoms with van der Waals surface area (Å²) in [4.78, 5) is 11.1. The molecule has 1 fully saturated rings. The third-order valence-electron chi connectivity index (χ3n) is 4.16. The number of rotatable bonds is 4. The Hall–Kier alpha value is -0.780. The van der Waals surface area contributed by atoms with Crippen LogP contribution in [-0.2, 0) is 14.6 Å². The highest BCUT2D eigenvalue weighted by Gasteiger charge is 2.65. The van der Waals surface area contributed by atoms with E-state index in [2.05, 4.69) is 10.1 Å². The molecule has 0 bridgehead atoms. The Kier molecular flexibility index (Phi) is 3.98. The number of carbonyl (C=O) groups is 1. The topological polar surface area (TPSA) is 72.5 Å². The first-order valence-electron chi connectivity index (χ1n) is 6.47. The summed E-state index contributed by atoms with van der Waals surface area (Å²) in [5.74, 6) is 0. The Balaban J connectivity index is 2.97. The largest absolute Gasteiger partial charge is 0.453 e. The molecule has 0 saturated heterocycles. The Morgan fingerprint density at radius 2 is 1.68 bits per heavy atom. The van der Waals surface area contributed by atoms with Crippen molar-refractivity contribution in [3.8, 4) is 0 Å². The fraction of sp³-hybridized carbons (Fsp3) is 0.923. The lowest BCUT2D eigenvalue weighted by molar-refractivity contribution is 0.170. The van der Waals surface area contributed by atoms with E-state index in [4.69, 9.17) is 0 Å². The zero-order valence-electron chi connectivity index (χ0n) is 12.7. The van der Waals surface area contributed by atoms with Crippen molar-refractivity contribution >= 4 is 15.9 Å². The van der Waals surface area contributed by atoms with Gasteiger partial charge in [0.05, 0.1) is 16.6 Å². The summed E-state index contributed by atoms with van der Waals surface area (Å²) in [7, 11) is -2.10.